The van der Waals surface area contributed by atoms with Gasteiger partial charge in [-0.25, -0.2) is 0 Å². The second kappa shape index (κ2) is 7.08. The summed E-state index contributed by atoms with van der Waals surface area (Å²) in [4.78, 5) is 22.8. The van der Waals surface area contributed by atoms with Crippen LogP contribution >= 0.6 is 0 Å². The maximum atomic E-state index is 11.9. The van der Waals surface area contributed by atoms with Crippen molar-refractivity contribution in [2.24, 2.45) is 0 Å². The predicted octanol–water partition coefficient (Wildman–Crippen LogP) is 2.64. The Bertz CT molecular complexity index is 479. The average Bonchev–Trinajstić information content (AvgIpc) is 2.46. The van der Waals surface area contributed by atoms with Crippen LogP contribution < -0.4 is 10.1 Å². The minimum absolute atomic E-state index is 0.0395. The smallest absolute Gasteiger partial charge is 0.258 e. The highest BCUT2D eigenvalue weighted by molar-refractivity contribution is 5.81. The van der Waals surface area contributed by atoms with E-state index in [1.165, 1.54) is 19.3 Å². The molecule has 0 unspecified atom stereocenters. The summed E-state index contributed by atoms with van der Waals surface area (Å²) in [5, 5.41) is 2.99. The van der Waals surface area contributed by atoms with Crippen LogP contribution in [0.5, 0.6) is 5.75 Å². The SMILES string of the molecule is Cc1cccc(C=O)c1OCC(=O)NC1CCCCC1. The lowest BCUT2D eigenvalue weighted by Gasteiger charge is -2.22. The van der Waals surface area contributed by atoms with E-state index >= 15 is 0 Å². The monoisotopic (exact) mass is 275 g/mol. The number of aldehydes is 1. The Morgan fingerprint density at radius 1 is 1.35 bits per heavy atom. The fourth-order valence-corrected chi connectivity index (χ4v) is 2.62. The molecule has 2 rings (SSSR count). The van der Waals surface area contributed by atoms with Crippen LogP contribution in [0.1, 0.15) is 48.0 Å². The molecule has 1 N–H and O–H groups in total. The molecule has 0 spiro atoms. The average molecular weight is 275 g/mol. The molecule has 0 aliphatic heterocycles. The van der Waals surface area contributed by atoms with Crippen LogP contribution in [0.2, 0.25) is 0 Å². The van der Waals surface area contributed by atoms with Gasteiger partial charge < -0.3 is 10.1 Å². The molecular formula is C16H21NO3. The van der Waals surface area contributed by atoms with Crippen molar-refractivity contribution in [2.45, 2.75) is 45.1 Å². The minimum atomic E-state index is -0.114. The van der Waals surface area contributed by atoms with Gasteiger partial charge in [-0.3, -0.25) is 9.59 Å². The summed E-state index contributed by atoms with van der Waals surface area (Å²) in [6.07, 6.45) is 6.47. The minimum Gasteiger partial charge on any atom is -0.483 e. The van der Waals surface area contributed by atoms with Gasteiger partial charge in [0, 0.05) is 6.04 Å². The summed E-state index contributed by atoms with van der Waals surface area (Å²) in [7, 11) is 0. The van der Waals surface area contributed by atoms with Crippen LogP contribution in [0.25, 0.3) is 0 Å². The second-order valence-corrected chi connectivity index (χ2v) is 5.30. The quantitative estimate of drug-likeness (QED) is 0.840. The maximum Gasteiger partial charge on any atom is 0.258 e. The molecule has 1 aromatic rings. The van der Waals surface area contributed by atoms with E-state index in [1.807, 2.05) is 13.0 Å². The highest BCUT2D eigenvalue weighted by Crippen LogP contribution is 2.22. The topological polar surface area (TPSA) is 55.4 Å². The fourth-order valence-electron chi connectivity index (χ4n) is 2.62. The Labute approximate surface area is 119 Å². The molecule has 1 aliphatic carbocycles. The molecule has 1 saturated carbocycles. The van der Waals surface area contributed by atoms with Crippen molar-refractivity contribution in [1.29, 1.82) is 0 Å². The van der Waals surface area contributed by atoms with E-state index < -0.39 is 0 Å². The first-order chi connectivity index (χ1) is 9.70. The van der Waals surface area contributed by atoms with E-state index in [0.29, 0.717) is 11.3 Å². The number of carbonyl (C=O) groups excluding carboxylic acids is 2. The molecule has 1 amide bonds. The summed E-state index contributed by atoms with van der Waals surface area (Å²) in [6, 6.07) is 5.63. The van der Waals surface area contributed by atoms with Gasteiger partial charge in [-0.2, -0.15) is 0 Å². The van der Waals surface area contributed by atoms with Gasteiger partial charge in [-0.05, 0) is 31.4 Å². The van der Waals surface area contributed by atoms with Crippen LogP contribution in [0.3, 0.4) is 0 Å². The molecule has 4 nitrogen and oxygen atoms in total. The molecule has 1 fully saturated rings. The summed E-state index contributed by atoms with van der Waals surface area (Å²) < 4.78 is 5.52. The molecule has 0 bridgehead atoms. The number of hydrogen-bond acceptors (Lipinski definition) is 3. The van der Waals surface area contributed by atoms with E-state index in [-0.39, 0.29) is 18.6 Å². The number of aryl methyl sites for hydroxylation is 1. The van der Waals surface area contributed by atoms with Gasteiger partial charge in [-0.1, -0.05) is 31.4 Å². The highest BCUT2D eigenvalue weighted by atomic mass is 16.5. The van der Waals surface area contributed by atoms with Crippen LogP contribution in [-0.2, 0) is 4.79 Å². The number of amides is 1. The first-order valence-corrected chi connectivity index (χ1v) is 7.17. The Morgan fingerprint density at radius 3 is 2.80 bits per heavy atom. The van der Waals surface area contributed by atoms with E-state index in [1.54, 1.807) is 12.1 Å². The standard InChI is InChI=1S/C16H21NO3/c1-12-6-5-7-13(10-18)16(12)20-11-15(19)17-14-8-3-2-4-9-14/h5-7,10,14H,2-4,8-9,11H2,1H3,(H,17,19). The van der Waals surface area contributed by atoms with Crippen molar-refractivity contribution in [3.63, 3.8) is 0 Å². The molecule has 1 aromatic carbocycles. The molecule has 0 atom stereocenters. The molecule has 0 saturated heterocycles. The molecule has 108 valence electrons. The molecule has 0 radical (unpaired) electrons. The normalized spacial score (nSPS) is 15.7. The van der Waals surface area contributed by atoms with E-state index in [2.05, 4.69) is 5.32 Å². The lowest BCUT2D eigenvalue weighted by atomic mass is 9.95. The Balaban J connectivity index is 1.88. The third-order valence-corrected chi connectivity index (χ3v) is 3.69. The van der Waals surface area contributed by atoms with E-state index in [0.717, 1.165) is 24.7 Å². The zero-order chi connectivity index (χ0) is 14.4. The van der Waals surface area contributed by atoms with Gasteiger partial charge in [0.2, 0.25) is 0 Å². The first-order valence-electron chi connectivity index (χ1n) is 7.17. The van der Waals surface area contributed by atoms with Crippen molar-refractivity contribution in [3.8, 4) is 5.75 Å². The van der Waals surface area contributed by atoms with Gasteiger partial charge in [0.15, 0.2) is 12.9 Å². The van der Waals surface area contributed by atoms with Crippen LogP contribution in [0.15, 0.2) is 18.2 Å². The van der Waals surface area contributed by atoms with Crippen LogP contribution in [-0.4, -0.2) is 24.8 Å². The molecular weight excluding hydrogens is 254 g/mol. The highest BCUT2D eigenvalue weighted by Gasteiger charge is 2.16. The lowest BCUT2D eigenvalue weighted by molar-refractivity contribution is -0.124. The summed E-state index contributed by atoms with van der Waals surface area (Å²) in [6.45, 7) is 1.82. The van der Waals surface area contributed by atoms with Crippen LogP contribution in [0, 0.1) is 6.92 Å². The van der Waals surface area contributed by atoms with Crippen molar-refractivity contribution < 1.29 is 14.3 Å². The van der Waals surface area contributed by atoms with Gasteiger partial charge in [-0.15, -0.1) is 0 Å². The van der Waals surface area contributed by atoms with E-state index in [9.17, 15) is 9.59 Å². The molecule has 0 aromatic heterocycles. The number of para-hydroxylation sites is 1. The third kappa shape index (κ3) is 3.83. The first kappa shape index (κ1) is 14.6. The molecule has 1 aliphatic rings. The number of ether oxygens (including phenoxy) is 1. The summed E-state index contributed by atoms with van der Waals surface area (Å²) in [5.74, 6) is 0.387. The largest absolute Gasteiger partial charge is 0.483 e. The van der Waals surface area contributed by atoms with Crippen molar-refractivity contribution in [3.05, 3.63) is 29.3 Å². The van der Waals surface area contributed by atoms with Crippen molar-refractivity contribution in [1.82, 2.24) is 5.32 Å². The Hall–Kier alpha value is -1.84. The van der Waals surface area contributed by atoms with Gasteiger partial charge >= 0.3 is 0 Å². The van der Waals surface area contributed by atoms with Crippen LogP contribution in [0.4, 0.5) is 0 Å². The van der Waals surface area contributed by atoms with Gasteiger partial charge in [0.05, 0.1) is 5.56 Å². The second-order valence-electron chi connectivity index (χ2n) is 5.30. The zero-order valence-corrected chi connectivity index (χ0v) is 11.9. The number of carbonyl (C=O) groups is 2. The Kier molecular flexibility index (Phi) is 5.16. The van der Waals surface area contributed by atoms with Crippen molar-refractivity contribution in [2.75, 3.05) is 6.61 Å². The maximum absolute atomic E-state index is 11.9. The number of hydrogen-bond donors (Lipinski definition) is 1. The molecule has 20 heavy (non-hydrogen) atoms. The predicted molar refractivity (Wildman–Crippen MR) is 77.1 cm³/mol. The van der Waals surface area contributed by atoms with E-state index in [4.69, 9.17) is 4.74 Å². The van der Waals surface area contributed by atoms with Gasteiger partial charge in [0.25, 0.3) is 5.91 Å². The number of rotatable bonds is 5. The number of benzene rings is 1. The van der Waals surface area contributed by atoms with Gasteiger partial charge in [0.1, 0.15) is 5.75 Å². The molecule has 0 heterocycles. The summed E-state index contributed by atoms with van der Waals surface area (Å²) in [5.41, 5.74) is 1.34. The molecule has 4 heteroatoms. The third-order valence-electron chi connectivity index (χ3n) is 3.69. The fraction of sp³-hybridized carbons (Fsp3) is 0.500. The van der Waals surface area contributed by atoms with Crippen molar-refractivity contribution >= 4 is 12.2 Å². The summed E-state index contributed by atoms with van der Waals surface area (Å²) >= 11 is 0. The lowest BCUT2D eigenvalue weighted by Crippen LogP contribution is -2.39. The number of nitrogens with one attached hydrogen (secondary N) is 1. The zero-order valence-electron chi connectivity index (χ0n) is 11.9. The Morgan fingerprint density at radius 2 is 2.10 bits per heavy atom.